The first kappa shape index (κ1) is 13.0. The number of primary amides is 1. The molecule has 0 aliphatic heterocycles. The van der Waals surface area contributed by atoms with Crippen LogP contribution in [0.5, 0.6) is 0 Å². The molecule has 1 saturated carbocycles. The topological polar surface area (TPSA) is 55.1 Å². The number of carbonyl (C=O) groups excluding carboxylic acids is 1. The maximum Gasteiger partial charge on any atom is 0.248 e. The van der Waals surface area contributed by atoms with Crippen LogP contribution in [-0.4, -0.2) is 11.9 Å². The zero-order valence-electron chi connectivity index (χ0n) is 10.6. The molecule has 1 atom stereocenters. The number of halogens is 1. The van der Waals surface area contributed by atoms with Crippen LogP contribution in [0.4, 0.5) is 4.39 Å². The molecule has 0 bridgehead atoms. The molecule has 1 fully saturated rings. The number of amides is 1. The molecule has 1 aliphatic carbocycles. The van der Waals surface area contributed by atoms with E-state index in [9.17, 15) is 9.18 Å². The number of hydrogen-bond donors (Lipinski definition) is 2. The molecule has 3 N–H and O–H groups in total. The Hall–Kier alpha value is -1.42. The van der Waals surface area contributed by atoms with E-state index in [0.717, 1.165) is 5.92 Å². The SMILES string of the molecule is CC(NCc1ccc(C(N)=O)cc1F)C1CCC1. The zero-order valence-corrected chi connectivity index (χ0v) is 10.6. The molecule has 1 unspecified atom stereocenters. The van der Waals surface area contributed by atoms with Gasteiger partial charge in [0.05, 0.1) is 0 Å². The summed E-state index contributed by atoms with van der Waals surface area (Å²) in [5.41, 5.74) is 5.89. The van der Waals surface area contributed by atoms with Gasteiger partial charge in [0.15, 0.2) is 0 Å². The van der Waals surface area contributed by atoms with E-state index in [4.69, 9.17) is 5.73 Å². The third-order valence-corrected chi connectivity index (χ3v) is 3.81. The molecule has 2 rings (SSSR count). The third-order valence-electron chi connectivity index (χ3n) is 3.81. The number of hydrogen-bond acceptors (Lipinski definition) is 2. The minimum atomic E-state index is -0.601. The Morgan fingerprint density at radius 3 is 2.78 bits per heavy atom. The smallest absolute Gasteiger partial charge is 0.248 e. The summed E-state index contributed by atoms with van der Waals surface area (Å²) >= 11 is 0. The van der Waals surface area contributed by atoms with Gasteiger partial charge in [0.25, 0.3) is 0 Å². The molecule has 98 valence electrons. The summed E-state index contributed by atoms with van der Waals surface area (Å²) in [6, 6.07) is 4.80. The van der Waals surface area contributed by atoms with Gasteiger partial charge in [-0.1, -0.05) is 12.5 Å². The number of nitrogens with two attached hydrogens (primary N) is 1. The van der Waals surface area contributed by atoms with E-state index < -0.39 is 5.91 Å². The summed E-state index contributed by atoms with van der Waals surface area (Å²) in [6.45, 7) is 2.63. The summed E-state index contributed by atoms with van der Waals surface area (Å²) in [5.74, 6) is -0.256. The van der Waals surface area contributed by atoms with Crippen molar-refractivity contribution in [2.75, 3.05) is 0 Å². The fourth-order valence-electron chi connectivity index (χ4n) is 2.22. The van der Waals surface area contributed by atoms with Gasteiger partial charge in [-0.05, 0) is 37.8 Å². The van der Waals surface area contributed by atoms with Crippen LogP contribution in [0.2, 0.25) is 0 Å². The van der Waals surface area contributed by atoms with Gasteiger partial charge in [0.1, 0.15) is 5.82 Å². The predicted molar refractivity (Wildman–Crippen MR) is 68.6 cm³/mol. The second kappa shape index (κ2) is 5.48. The molecule has 1 aromatic rings. The molecule has 18 heavy (non-hydrogen) atoms. The van der Waals surface area contributed by atoms with Crippen molar-refractivity contribution in [1.82, 2.24) is 5.32 Å². The lowest BCUT2D eigenvalue weighted by molar-refractivity contribution is 0.1000. The van der Waals surface area contributed by atoms with Crippen molar-refractivity contribution in [3.8, 4) is 0 Å². The quantitative estimate of drug-likeness (QED) is 0.841. The highest BCUT2D eigenvalue weighted by Gasteiger charge is 2.23. The summed E-state index contributed by atoms with van der Waals surface area (Å²) < 4.78 is 13.7. The van der Waals surface area contributed by atoms with Crippen molar-refractivity contribution >= 4 is 5.91 Å². The maximum absolute atomic E-state index is 13.7. The van der Waals surface area contributed by atoms with E-state index in [1.807, 2.05) is 0 Å². The van der Waals surface area contributed by atoms with Crippen molar-refractivity contribution in [3.05, 3.63) is 35.1 Å². The van der Waals surface area contributed by atoms with Crippen LogP contribution < -0.4 is 11.1 Å². The molecule has 1 amide bonds. The van der Waals surface area contributed by atoms with E-state index in [0.29, 0.717) is 18.2 Å². The first-order valence-electron chi connectivity index (χ1n) is 6.39. The van der Waals surface area contributed by atoms with Gasteiger partial charge >= 0.3 is 0 Å². The molecular formula is C14H19FN2O. The zero-order chi connectivity index (χ0) is 13.1. The first-order valence-corrected chi connectivity index (χ1v) is 6.39. The van der Waals surface area contributed by atoms with Gasteiger partial charge in [-0.2, -0.15) is 0 Å². The second-order valence-electron chi connectivity index (χ2n) is 5.03. The van der Waals surface area contributed by atoms with Crippen LogP contribution in [0.15, 0.2) is 18.2 Å². The molecule has 0 radical (unpaired) electrons. The van der Waals surface area contributed by atoms with E-state index in [2.05, 4.69) is 12.2 Å². The predicted octanol–water partition coefficient (Wildman–Crippen LogP) is 2.20. The maximum atomic E-state index is 13.7. The number of benzene rings is 1. The van der Waals surface area contributed by atoms with Crippen LogP contribution in [0.25, 0.3) is 0 Å². The van der Waals surface area contributed by atoms with Gasteiger partial charge in [-0.3, -0.25) is 4.79 Å². The Morgan fingerprint density at radius 2 is 2.28 bits per heavy atom. The van der Waals surface area contributed by atoms with E-state index in [-0.39, 0.29) is 11.4 Å². The fraction of sp³-hybridized carbons (Fsp3) is 0.500. The third kappa shape index (κ3) is 2.88. The summed E-state index contributed by atoms with van der Waals surface area (Å²) in [5, 5.41) is 3.33. The lowest BCUT2D eigenvalue weighted by atomic mass is 9.80. The highest BCUT2D eigenvalue weighted by atomic mass is 19.1. The van der Waals surface area contributed by atoms with Crippen molar-refractivity contribution < 1.29 is 9.18 Å². The number of rotatable bonds is 5. The summed E-state index contributed by atoms with van der Waals surface area (Å²) in [7, 11) is 0. The van der Waals surface area contributed by atoms with Crippen molar-refractivity contribution in [2.45, 2.75) is 38.8 Å². The normalized spacial score (nSPS) is 17.2. The lowest BCUT2D eigenvalue weighted by Crippen LogP contribution is -2.36. The van der Waals surface area contributed by atoms with Gasteiger partial charge in [0, 0.05) is 23.7 Å². The van der Waals surface area contributed by atoms with Gasteiger partial charge in [-0.25, -0.2) is 4.39 Å². The van der Waals surface area contributed by atoms with Crippen LogP contribution in [0.3, 0.4) is 0 Å². The van der Waals surface area contributed by atoms with Gasteiger partial charge < -0.3 is 11.1 Å². The second-order valence-corrected chi connectivity index (χ2v) is 5.03. The van der Waals surface area contributed by atoms with Crippen LogP contribution in [0, 0.1) is 11.7 Å². The van der Waals surface area contributed by atoms with Crippen LogP contribution in [-0.2, 0) is 6.54 Å². The fourth-order valence-corrected chi connectivity index (χ4v) is 2.22. The average molecular weight is 250 g/mol. The lowest BCUT2D eigenvalue weighted by Gasteiger charge is -2.32. The Kier molecular flexibility index (Phi) is 3.97. The molecule has 0 saturated heterocycles. The molecule has 0 spiro atoms. The van der Waals surface area contributed by atoms with Crippen molar-refractivity contribution in [3.63, 3.8) is 0 Å². The Morgan fingerprint density at radius 1 is 1.56 bits per heavy atom. The monoisotopic (exact) mass is 250 g/mol. The summed E-state index contributed by atoms with van der Waals surface area (Å²) in [4.78, 5) is 10.9. The Bertz CT molecular complexity index is 443. The first-order chi connectivity index (χ1) is 8.58. The van der Waals surface area contributed by atoms with E-state index in [1.54, 1.807) is 12.1 Å². The molecule has 1 aliphatic rings. The Labute approximate surface area is 107 Å². The minimum absolute atomic E-state index is 0.211. The van der Waals surface area contributed by atoms with Gasteiger partial charge in [0.2, 0.25) is 5.91 Å². The molecule has 0 heterocycles. The van der Waals surface area contributed by atoms with Crippen molar-refractivity contribution in [1.29, 1.82) is 0 Å². The molecule has 1 aromatic carbocycles. The number of nitrogens with one attached hydrogen (secondary N) is 1. The van der Waals surface area contributed by atoms with E-state index >= 15 is 0 Å². The molecular weight excluding hydrogens is 231 g/mol. The molecule has 0 aromatic heterocycles. The standard InChI is InChI=1S/C14H19FN2O/c1-9(10-3-2-4-10)17-8-12-6-5-11(14(16)18)7-13(12)15/h5-7,9-10,17H,2-4,8H2,1H3,(H2,16,18). The van der Waals surface area contributed by atoms with Gasteiger partial charge in [-0.15, -0.1) is 0 Å². The highest BCUT2D eigenvalue weighted by molar-refractivity contribution is 5.92. The van der Waals surface area contributed by atoms with E-state index in [1.165, 1.54) is 25.3 Å². The minimum Gasteiger partial charge on any atom is -0.366 e. The number of carbonyl (C=O) groups is 1. The van der Waals surface area contributed by atoms with Crippen LogP contribution >= 0.6 is 0 Å². The molecule has 4 heteroatoms. The Balaban J connectivity index is 1.94. The average Bonchev–Trinajstić information content (AvgIpc) is 2.24. The summed E-state index contributed by atoms with van der Waals surface area (Å²) in [6.07, 6.45) is 3.83. The van der Waals surface area contributed by atoms with Crippen molar-refractivity contribution in [2.24, 2.45) is 11.7 Å². The highest BCUT2D eigenvalue weighted by Crippen LogP contribution is 2.29. The molecule has 3 nitrogen and oxygen atoms in total. The van der Waals surface area contributed by atoms with Crippen LogP contribution in [0.1, 0.15) is 42.1 Å². The largest absolute Gasteiger partial charge is 0.366 e.